The Labute approximate surface area is 109 Å². The maximum Gasteiger partial charge on any atom is 0.410 e. The van der Waals surface area contributed by atoms with Gasteiger partial charge in [0.05, 0.1) is 0 Å². The third-order valence-corrected chi connectivity index (χ3v) is 5.46. The van der Waals surface area contributed by atoms with Crippen molar-refractivity contribution in [3.8, 4) is 0 Å². The molecule has 0 saturated carbocycles. The summed E-state index contributed by atoms with van der Waals surface area (Å²) in [5.74, 6) is 0. The van der Waals surface area contributed by atoms with Gasteiger partial charge in [-0.3, -0.25) is 0 Å². The molecule has 0 aliphatic rings. The maximum atomic E-state index is 5.82. The topological polar surface area (TPSA) is 18.5 Å². The number of hydrogen-bond donors (Lipinski definition) is 0. The lowest BCUT2D eigenvalue weighted by Crippen LogP contribution is -2.46. The summed E-state index contributed by atoms with van der Waals surface area (Å²) in [4.78, 5) is 0. The molecule has 6 radical (unpaired) electrons. The highest BCUT2D eigenvalue weighted by Crippen LogP contribution is 1.94. The van der Waals surface area contributed by atoms with Gasteiger partial charge in [0, 0.05) is 0 Å². The second-order valence-electron chi connectivity index (χ2n) is 3.35. The number of benzene rings is 2. The summed E-state index contributed by atoms with van der Waals surface area (Å²) in [6.45, 7) is 0. The van der Waals surface area contributed by atoms with Crippen molar-refractivity contribution in [3.05, 3.63) is 60.7 Å². The molecule has 82 valence electrons. The van der Waals surface area contributed by atoms with Crippen LogP contribution in [0, 0.1) is 0 Å². The minimum Gasteiger partial charge on any atom is -0.435 e. The minimum atomic E-state index is -1.21. The number of rotatable bonds is 5. The number of hydrogen-bond acceptors (Lipinski definition) is 2. The largest absolute Gasteiger partial charge is 0.435 e. The molecule has 0 saturated heterocycles. The van der Waals surface area contributed by atoms with Crippen LogP contribution in [0.3, 0.4) is 0 Å². The SMILES string of the molecule is [Si]O[Si]O[Si](c1ccccc1)c1ccccc1. The van der Waals surface area contributed by atoms with Crippen molar-refractivity contribution in [1.29, 1.82) is 0 Å². The van der Waals surface area contributed by atoms with Gasteiger partial charge in [-0.1, -0.05) is 60.7 Å². The van der Waals surface area contributed by atoms with E-state index < -0.39 is 9.04 Å². The van der Waals surface area contributed by atoms with Crippen LogP contribution in [0.5, 0.6) is 0 Å². The molecule has 2 aromatic rings. The fourth-order valence-electron chi connectivity index (χ4n) is 1.53. The monoisotopic (exact) mass is 270 g/mol. The minimum absolute atomic E-state index is 0.00511. The standard InChI is InChI=1S/C12H10O2Si3/c15-13-16-14-17(11-7-3-1-4-8-11)12-9-5-2-6-10-12/h1-10H. The van der Waals surface area contributed by atoms with Gasteiger partial charge in [-0.05, 0) is 10.4 Å². The normalized spacial score (nSPS) is 10.7. The van der Waals surface area contributed by atoms with Crippen molar-refractivity contribution in [2.24, 2.45) is 0 Å². The second-order valence-corrected chi connectivity index (χ2v) is 6.96. The smallest absolute Gasteiger partial charge is 0.410 e. The van der Waals surface area contributed by atoms with Gasteiger partial charge < -0.3 is 8.23 Å². The molecule has 0 fully saturated rings. The zero-order valence-corrected chi connectivity index (χ0v) is 12.1. The van der Waals surface area contributed by atoms with Crippen molar-refractivity contribution in [2.75, 3.05) is 0 Å². The van der Waals surface area contributed by atoms with E-state index in [4.69, 9.17) is 8.23 Å². The zero-order chi connectivity index (χ0) is 11.9. The van der Waals surface area contributed by atoms with E-state index in [1.807, 2.05) is 36.4 Å². The van der Waals surface area contributed by atoms with Crippen LogP contribution in [0.4, 0.5) is 0 Å². The molecule has 0 aromatic heterocycles. The maximum absolute atomic E-state index is 5.82. The van der Waals surface area contributed by atoms with E-state index in [-0.39, 0.29) is 10.0 Å². The molecule has 0 amide bonds. The molecule has 0 N–H and O–H groups in total. The Balaban J connectivity index is 2.26. The molecular formula is C12H10O2Si3. The van der Waals surface area contributed by atoms with Gasteiger partial charge in [0.2, 0.25) is 10.5 Å². The van der Waals surface area contributed by atoms with Gasteiger partial charge in [-0.15, -0.1) is 0 Å². The third-order valence-electron chi connectivity index (χ3n) is 2.26. The van der Waals surface area contributed by atoms with E-state index >= 15 is 0 Å². The van der Waals surface area contributed by atoms with Crippen molar-refractivity contribution in [3.63, 3.8) is 0 Å². The lowest BCUT2D eigenvalue weighted by Gasteiger charge is -2.14. The van der Waals surface area contributed by atoms with Gasteiger partial charge in [0.25, 0.3) is 9.04 Å². The summed E-state index contributed by atoms with van der Waals surface area (Å²) >= 11 is 0. The molecule has 0 atom stereocenters. The van der Waals surface area contributed by atoms with Crippen LogP contribution in [-0.4, -0.2) is 29.5 Å². The molecule has 0 aliphatic heterocycles. The Morgan fingerprint density at radius 2 is 1.29 bits per heavy atom. The Morgan fingerprint density at radius 1 is 0.824 bits per heavy atom. The Morgan fingerprint density at radius 3 is 1.71 bits per heavy atom. The van der Waals surface area contributed by atoms with Gasteiger partial charge in [-0.2, -0.15) is 0 Å². The van der Waals surface area contributed by atoms with E-state index in [1.54, 1.807) is 0 Å². The molecule has 0 bridgehead atoms. The van der Waals surface area contributed by atoms with Crippen LogP contribution in [0.25, 0.3) is 0 Å². The van der Waals surface area contributed by atoms with Gasteiger partial charge in [0.1, 0.15) is 0 Å². The highest BCUT2D eigenvalue weighted by molar-refractivity contribution is 6.82. The molecule has 0 aliphatic carbocycles. The van der Waals surface area contributed by atoms with Crippen LogP contribution in [0.15, 0.2) is 60.7 Å². The highest BCUT2D eigenvalue weighted by atomic mass is 28.4. The summed E-state index contributed by atoms with van der Waals surface area (Å²) in [5.41, 5.74) is 0. The Bertz CT molecular complexity index is 397. The first-order chi connectivity index (χ1) is 8.42. The zero-order valence-electron chi connectivity index (χ0n) is 9.09. The van der Waals surface area contributed by atoms with Gasteiger partial charge >= 0.3 is 10.0 Å². The molecule has 17 heavy (non-hydrogen) atoms. The second kappa shape index (κ2) is 6.67. The summed E-state index contributed by atoms with van der Waals surface area (Å²) in [5, 5.41) is 2.44. The first kappa shape index (κ1) is 12.5. The lowest BCUT2D eigenvalue weighted by molar-refractivity contribution is 0.501. The summed E-state index contributed by atoms with van der Waals surface area (Å²) < 4.78 is 10.7. The molecule has 2 rings (SSSR count). The third kappa shape index (κ3) is 3.48. The van der Waals surface area contributed by atoms with E-state index in [1.165, 1.54) is 10.4 Å². The average molecular weight is 270 g/mol. The van der Waals surface area contributed by atoms with E-state index in [2.05, 4.69) is 34.8 Å². The first-order valence-electron chi connectivity index (χ1n) is 5.14. The quantitative estimate of drug-likeness (QED) is 0.734. The average Bonchev–Trinajstić information content (AvgIpc) is 2.42. The first-order valence-corrected chi connectivity index (χ1v) is 7.77. The van der Waals surface area contributed by atoms with Crippen LogP contribution in [0.2, 0.25) is 0 Å². The van der Waals surface area contributed by atoms with E-state index in [9.17, 15) is 0 Å². The molecule has 2 aromatic carbocycles. The van der Waals surface area contributed by atoms with Crippen LogP contribution in [0.1, 0.15) is 0 Å². The van der Waals surface area contributed by atoms with Crippen molar-refractivity contribution in [2.45, 2.75) is 0 Å². The van der Waals surface area contributed by atoms with Crippen LogP contribution in [-0.2, 0) is 8.23 Å². The van der Waals surface area contributed by atoms with Crippen molar-refractivity contribution < 1.29 is 8.23 Å². The fourth-order valence-corrected chi connectivity index (χ4v) is 4.67. The molecule has 0 unspecified atom stereocenters. The Kier molecular flexibility index (Phi) is 4.90. The van der Waals surface area contributed by atoms with E-state index in [0.717, 1.165) is 0 Å². The predicted octanol–water partition coefficient (Wildman–Crippen LogP) is 0.443. The van der Waals surface area contributed by atoms with Gasteiger partial charge in [-0.25, -0.2) is 0 Å². The molecule has 5 heteroatoms. The molecule has 2 nitrogen and oxygen atoms in total. The summed E-state index contributed by atoms with van der Waals surface area (Å²) in [6, 6.07) is 20.5. The summed E-state index contributed by atoms with van der Waals surface area (Å²) in [6.07, 6.45) is 0. The van der Waals surface area contributed by atoms with Crippen LogP contribution < -0.4 is 10.4 Å². The predicted molar refractivity (Wildman–Crippen MR) is 71.6 cm³/mol. The van der Waals surface area contributed by atoms with E-state index in [0.29, 0.717) is 0 Å². The molecular weight excluding hydrogens is 260 g/mol. The summed E-state index contributed by atoms with van der Waals surface area (Å²) in [7, 11) is 1.77. The molecule has 0 spiro atoms. The fraction of sp³-hybridized carbons (Fsp3) is 0. The van der Waals surface area contributed by atoms with Gasteiger partial charge in [0.15, 0.2) is 0 Å². The lowest BCUT2D eigenvalue weighted by atomic mass is 10.4. The van der Waals surface area contributed by atoms with Crippen molar-refractivity contribution in [1.82, 2.24) is 0 Å². The molecule has 0 heterocycles. The van der Waals surface area contributed by atoms with Crippen LogP contribution >= 0.6 is 0 Å². The Hall–Kier alpha value is -0.989. The highest BCUT2D eigenvalue weighted by Gasteiger charge is 2.18. The van der Waals surface area contributed by atoms with Crippen molar-refractivity contribution >= 4 is 39.9 Å².